The first-order valence-electron chi connectivity index (χ1n) is 7.21. The second-order valence-electron chi connectivity index (χ2n) is 5.09. The first-order valence-corrected chi connectivity index (χ1v) is 7.96. The van der Waals surface area contributed by atoms with E-state index in [1.54, 1.807) is 24.3 Å². The summed E-state index contributed by atoms with van der Waals surface area (Å²) < 4.78 is 11.0. The van der Waals surface area contributed by atoms with Gasteiger partial charge in [0.1, 0.15) is 17.9 Å². The van der Waals surface area contributed by atoms with Crippen molar-refractivity contribution in [1.29, 1.82) is 0 Å². The van der Waals surface area contributed by atoms with Gasteiger partial charge in [-0.3, -0.25) is 0 Å². The first kappa shape index (κ1) is 15.9. The molecule has 0 spiro atoms. The zero-order valence-corrected chi connectivity index (χ0v) is 13.9. The van der Waals surface area contributed by atoms with Crippen LogP contribution in [-0.2, 0) is 13.0 Å². The molecule has 0 unspecified atom stereocenters. The third-order valence-electron chi connectivity index (χ3n) is 3.63. The molecule has 2 aromatic carbocycles. The molecule has 0 saturated heterocycles. The molecule has 0 fully saturated rings. The minimum Gasteiger partial charge on any atom is -0.489 e. The molecular weight excluding hydrogens is 335 g/mol. The van der Waals surface area contributed by atoms with Crippen molar-refractivity contribution in [3.05, 3.63) is 74.1 Å². The molecular formula is C18H14Cl2O3. The van der Waals surface area contributed by atoms with Gasteiger partial charge in [0.2, 0.25) is 0 Å². The highest BCUT2D eigenvalue weighted by molar-refractivity contribution is 6.35. The van der Waals surface area contributed by atoms with Gasteiger partial charge in [-0.2, -0.15) is 0 Å². The number of fused-ring (bicyclic) bond motifs is 1. The first-order chi connectivity index (χ1) is 11.1. The highest BCUT2D eigenvalue weighted by Gasteiger charge is 2.09. The molecule has 0 saturated carbocycles. The van der Waals surface area contributed by atoms with Gasteiger partial charge in [-0.1, -0.05) is 36.2 Å². The number of rotatable bonds is 4. The van der Waals surface area contributed by atoms with Crippen LogP contribution in [0.2, 0.25) is 10.0 Å². The third-order valence-corrected chi connectivity index (χ3v) is 4.34. The van der Waals surface area contributed by atoms with Crippen molar-refractivity contribution < 1.29 is 9.15 Å². The van der Waals surface area contributed by atoms with Crippen LogP contribution in [0.15, 0.2) is 51.7 Å². The van der Waals surface area contributed by atoms with Gasteiger partial charge in [0.05, 0.1) is 0 Å². The number of halogens is 2. The van der Waals surface area contributed by atoms with E-state index in [0.717, 1.165) is 22.9 Å². The van der Waals surface area contributed by atoms with Gasteiger partial charge in [0.25, 0.3) is 0 Å². The average Bonchev–Trinajstić information content (AvgIpc) is 2.53. The van der Waals surface area contributed by atoms with Crippen LogP contribution in [-0.4, -0.2) is 0 Å². The summed E-state index contributed by atoms with van der Waals surface area (Å²) in [6, 6.07) is 12.3. The summed E-state index contributed by atoms with van der Waals surface area (Å²) in [6.45, 7) is 2.24. The fourth-order valence-corrected chi connectivity index (χ4v) is 2.92. The quantitative estimate of drug-likeness (QED) is 0.605. The summed E-state index contributed by atoms with van der Waals surface area (Å²) >= 11 is 12.3. The summed E-state index contributed by atoms with van der Waals surface area (Å²) in [6.07, 6.45) is 0.761. The van der Waals surface area contributed by atoms with Crippen LogP contribution >= 0.6 is 23.2 Å². The van der Waals surface area contributed by atoms with E-state index in [4.69, 9.17) is 32.4 Å². The van der Waals surface area contributed by atoms with Crippen LogP contribution in [0.25, 0.3) is 11.0 Å². The van der Waals surface area contributed by atoms with Crippen LogP contribution < -0.4 is 10.4 Å². The Balaban J connectivity index is 1.91. The van der Waals surface area contributed by atoms with E-state index in [-0.39, 0.29) is 12.2 Å². The molecule has 1 heterocycles. The second-order valence-corrected chi connectivity index (χ2v) is 5.91. The normalized spacial score (nSPS) is 10.9. The maximum absolute atomic E-state index is 11.6. The Labute approximate surface area is 143 Å². The lowest BCUT2D eigenvalue weighted by Gasteiger charge is -2.10. The largest absolute Gasteiger partial charge is 0.489 e. The number of hydrogen-bond acceptors (Lipinski definition) is 3. The fourth-order valence-electron chi connectivity index (χ4n) is 2.42. The smallest absolute Gasteiger partial charge is 0.336 e. The van der Waals surface area contributed by atoms with Gasteiger partial charge in [0.15, 0.2) is 0 Å². The molecule has 0 amide bonds. The number of ether oxygens (including phenoxy) is 1. The molecule has 0 N–H and O–H groups in total. The van der Waals surface area contributed by atoms with Gasteiger partial charge in [-0.15, -0.1) is 0 Å². The Morgan fingerprint density at radius 1 is 1.09 bits per heavy atom. The number of hydrogen-bond donors (Lipinski definition) is 0. The Hall–Kier alpha value is -1.97. The molecule has 3 aromatic rings. The zero-order chi connectivity index (χ0) is 16.4. The van der Waals surface area contributed by atoms with E-state index in [1.165, 1.54) is 6.07 Å². The van der Waals surface area contributed by atoms with Gasteiger partial charge < -0.3 is 9.15 Å². The van der Waals surface area contributed by atoms with Crippen molar-refractivity contribution in [2.24, 2.45) is 0 Å². The molecule has 0 aliphatic carbocycles. The fraction of sp³-hybridized carbons (Fsp3) is 0.167. The molecule has 3 rings (SSSR count). The molecule has 0 radical (unpaired) electrons. The van der Waals surface area contributed by atoms with Crippen molar-refractivity contribution >= 4 is 34.2 Å². The lowest BCUT2D eigenvalue weighted by Crippen LogP contribution is -2.01. The van der Waals surface area contributed by atoms with Crippen molar-refractivity contribution in [3.8, 4) is 5.75 Å². The lowest BCUT2D eigenvalue weighted by molar-refractivity contribution is 0.306. The SMILES string of the molecule is CCc1cc(=O)oc2cc(OCc3c(Cl)cccc3Cl)ccc12. The van der Waals surface area contributed by atoms with E-state index < -0.39 is 0 Å². The van der Waals surface area contributed by atoms with E-state index in [1.807, 2.05) is 19.1 Å². The molecule has 0 bridgehead atoms. The molecule has 0 aliphatic heterocycles. The minimum absolute atomic E-state index is 0.238. The third kappa shape index (κ3) is 3.36. The Morgan fingerprint density at radius 3 is 2.52 bits per heavy atom. The van der Waals surface area contributed by atoms with Crippen molar-refractivity contribution in [3.63, 3.8) is 0 Å². The van der Waals surface area contributed by atoms with Gasteiger partial charge in [-0.05, 0) is 36.2 Å². The van der Waals surface area contributed by atoms with E-state index in [9.17, 15) is 4.79 Å². The van der Waals surface area contributed by atoms with Gasteiger partial charge in [-0.25, -0.2) is 4.79 Å². The molecule has 0 aliphatic rings. The van der Waals surface area contributed by atoms with Crippen LogP contribution in [0.5, 0.6) is 5.75 Å². The molecule has 3 nitrogen and oxygen atoms in total. The summed E-state index contributed by atoms with van der Waals surface area (Å²) in [5.74, 6) is 0.588. The predicted molar refractivity (Wildman–Crippen MR) is 92.7 cm³/mol. The topological polar surface area (TPSA) is 39.4 Å². The van der Waals surface area contributed by atoms with Crippen molar-refractivity contribution in [1.82, 2.24) is 0 Å². The summed E-state index contributed by atoms with van der Waals surface area (Å²) in [5.41, 5.74) is 1.83. The summed E-state index contributed by atoms with van der Waals surface area (Å²) in [7, 11) is 0. The van der Waals surface area contributed by atoms with Crippen molar-refractivity contribution in [2.75, 3.05) is 0 Å². The van der Waals surface area contributed by atoms with E-state index >= 15 is 0 Å². The minimum atomic E-state index is -0.361. The van der Waals surface area contributed by atoms with Crippen LogP contribution in [0.4, 0.5) is 0 Å². The average molecular weight is 349 g/mol. The maximum atomic E-state index is 11.6. The van der Waals surface area contributed by atoms with Gasteiger partial charge in [0, 0.05) is 33.1 Å². The van der Waals surface area contributed by atoms with E-state index in [0.29, 0.717) is 21.4 Å². The predicted octanol–water partition coefficient (Wildman–Crippen LogP) is 5.24. The highest BCUT2D eigenvalue weighted by Crippen LogP contribution is 2.27. The highest BCUT2D eigenvalue weighted by atomic mass is 35.5. The van der Waals surface area contributed by atoms with Crippen molar-refractivity contribution in [2.45, 2.75) is 20.0 Å². The second kappa shape index (κ2) is 6.65. The molecule has 0 atom stereocenters. The molecule has 5 heteroatoms. The lowest BCUT2D eigenvalue weighted by atomic mass is 10.1. The van der Waals surface area contributed by atoms with Gasteiger partial charge >= 0.3 is 5.63 Å². The Kier molecular flexibility index (Phi) is 4.60. The Bertz CT molecular complexity index is 896. The van der Waals surface area contributed by atoms with E-state index in [2.05, 4.69) is 0 Å². The standard InChI is InChI=1S/C18H14Cl2O3/c1-2-11-8-18(21)23-17-9-12(6-7-13(11)17)22-10-14-15(19)4-3-5-16(14)20/h3-9H,2,10H2,1H3. The summed E-state index contributed by atoms with van der Waals surface area (Å²) in [5, 5.41) is 2.02. The molecule has 1 aromatic heterocycles. The molecule has 118 valence electrons. The van der Waals surface area contributed by atoms with Crippen LogP contribution in [0, 0.1) is 0 Å². The zero-order valence-electron chi connectivity index (χ0n) is 12.4. The van der Waals surface area contributed by atoms with Crippen LogP contribution in [0.1, 0.15) is 18.1 Å². The molecule has 23 heavy (non-hydrogen) atoms. The Morgan fingerprint density at radius 2 is 1.83 bits per heavy atom. The number of aryl methyl sites for hydroxylation is 1. The maximum Gasteiger partial charge on any atom is 0.336 e. The monoisotopic (exact) mass is 348 g/mol. The van der Waals surface area contributed by atoms with Crippen LogP contribution in [0.3, 0.4) is 0 Å². The summed E-state index contributed by atoms with van der Waals surface area (Å²) in [4.78, 5) is 11.6. The number of benzene rings is 2.